The number of hydrogen-bond donors (Lipinski definition) is 1. The quantitative estimate of drug-likeness (QED) is 0.832. The van der Waals surface area contributed by atoms with Gasteiger partial charge >= 0.3 is 0 Å². The third kappa shape index (κ3) is 3.39. The maximum atomic E-state index is 3.58. The molecule has 0 spiro atoms. The van der Waals surface area contributed by atoms with E-state index in [1.54, 1.807) is 0 Å². The van der Waals surface area contributed by atoms with E-state index in [9.17, 15) is 0 Å². The zero-order chi connectivity index (χ0) is 12.1. The van der Waals surface area contributed by atoms with Gasteiger partial charge in [-0.3, -0.25) is 0 Å². The zero-order valence-electron chi connectivity index (χ0n) is 11.1. The molecule has 1 aliphatic carbocycles. The smallest absolute Gasteiger partial charge is 0.0596 e. The molecule has 1 N–H and O–H groups in total. The molecule has 0 bridgehead atoms. The van der Waals surface area contributed by atoms with E-state index in [4.69, 9.17) is 0 Å². The summed E-state index contributed by atoms with van der Waals surface area (Å²) in [5.41, 5.74) is 2.54. The molecule has 0 saturated heterocycles. The van der Waals surface area contributed by atoms with Crippen LogP contribution in [0.15, 0.2) is 24.3 Å². The Morgan fingerprint density at radius 3 is 2.59 bits per heavy atom. The highest BCUT2D eigenvalue weighted by Gasteiger charge is 2.14. The van der Waals surface area contributed by atoms with Crippen LogP contribution in [0.4, 0.5) is 11.4 Å². The average Bonchev–Trinajstić information content (AvgIpc) is 2.82. The standard InChI is InChI=1S/C15H24N2/c1-17(2)15-10-6-5-9-14(15)16-12-11-13-7-3-4-8-13/h5-6,9-10,13,16H,3-4,7-8,11-12H2,1-2H3. The molecule has 1 aromatic carbocycles. The monoisotopic (exact) mass is 232 g/mol. The molecule has 94 valence electrons. The first-order chi connectivity index (χ1) is 8.27. The highest BCUT2D eigenvalue weighted by atomic mass is 15.1. The number of hydrogen-bond acceptors (Lipinski definition) is 2. The summed E-state index contributed by atoms with van der Waals surface area (Å²) in [7, 11) is 4.19. The van der Waals surface area contributed by atoms with E-state index in [1.165, 1.54) is 43.5 Å². The summed E-state index contributed by atoms with van der Waals surface area (Å²) in [6.07, 6.45) is 7.09. The Morgan fingerprint density at radius 1 is 1.18 bits per heavy atom. The fourth-order valence-corrected chi connectivity index (χ4v) is 2.72. The van der Waals surface area contributed by atoms with Crippen LogP contribution in [0.5, 0.6) is 0 Å². The van der Waals surface area contributed by atoms with Crippen LogP contribution in [0, 0.1) is 5.92 Å². The van der Waals surface area contributed by atoms with Crippen LogP contribution >= 0.6 is 0 Å². The van der Waals surface area contributed by atoms with Crippen LogP contribution in [0.1, 0.15) is 32.1 Å². The van der Waals surface area contributed by atoms with E-state index in [0.29, 0.717) is 0 Å². The first kappa shape index (κ1) is 12.3. The number of nitrogens with one attached hydrogen (secondary N) is 1. The van der Waals surface area contributed by atoms with Crippen molar-refractivity contribution in [2.24, 2.45) is 5.92 Å². The molecular weight excluding hydrogens is 208 g/mol. The Kier molecular flexibility index (Phi) is 4.29. The highest BCUT2D eigenvalue weighted by Crippen LogP contribution is 2.28. The van der Waals surface area contributed by atoms with Crippen LogP contribution in [0.3, 0.4) is 0 Å². The van der Waals surface area contributed by atoms with Crippen LogP contribution in [-0.4, -0.2) is 20.6 Å². The van der Waals surface area contributed by atoms with Crippen LogP contribution in [0.2, 0.25) is 0 Å². The lowest BCUT2D eigenvalue weighted by molar-refractivity contribution is 0.518. The third-order valence-corrected chi connectivity index (χ3v) is 3.73. The van der Waals surface area contributed by atoms with Crippen molar-refractivity contribution in [3.05, 3.63) is 24.3 Å². The summed E-state index contributed by atoms with van der Waals surface area (Å²) in [6, 6.07) is 8.53. The van der Waals surface area contributed by atoms with Gasteiger partial charge in [0, 0.05) is 20.6 Å². The maximum Gasteiger partial charge on any atom is 0.0596 e. The largest absolute Gasteiger partial charge is 0.383 e. The van der Waals surface area contributed by atoms with E-state index >= 15 is 0 Å². The third-order valence-electron chi connectivity index (χ3n) is 3.73. The maximum absolute atomic E-state index is 3.58. The molecule has 1 aliphatic rings. The number of nitrogens with zero attached hydrogens (tertiary/aromatic N) is 1. The second-order valence-electron chi connectivity index (χ2n) is 5.28. The van der Waals surface area contributed by atoms with Gasteiger partial charge in [0.2, 0.25) is 0 Å². The van der Waals surface area contributed by atoms with Crippen molar-refractivity contribution in [3.63, 3.8) is 0 Å². The average molecular weight is 232 g/mol. The van der Waals surface area contributed by atoms with Gasteiger partial charge in [-0.15, -0.1) is 0 Å². The topological polar surface area (TPSA) is 15.3 Å². The van der Waals surface area contributed by atoms with E-state index in [2.05, 4.69) is 48.6 Å². The molecule has 0 heterocycles. The van der Waals surface area contributed by atoms with Crippen LogP contribution in [0.25, 0.3) is 0 Å². The lowest BCUT2D eigenvalue weighted by atomic mass is 10.0. The molecule has 0 atom stereocenters. The summed E-state index contributed by atoms with van der Waals surface area (Å²) >= 11 is 0. The summed E-state index contributed by atoms with van der Waals surface area (Å²) in [5, 5.41) is 3.58. The molecule has 0 radical (unpaired) electrons. The van der Waals surface area contributed by atoms with Gasteiger partial charge in [-0.2, -0.15) is 0 Å². The second kappa shape index (κ2) is 5.95. The number of para-hydroxylation sites is 2. The number of anilines is 2. The van der Waals surface area contributed by atoms with Gasteiger partial charge in [0.15, 0.2) is 0 Å². The Labute approximate surface area is 105 Å². The molecular formula is C15H24N2. The van der Waals surface area contributed by atoms with Gasteiger partial charge in [0.1, 0.15) is 0 Å². The Balaban J connectivity index is 1.85. The van der Waals surface area contributed by atoms with Crippen molar-refractivity contribution in [3.8, 4) is 0 Å². The van der Waals surface area contributed by atoms with Gasteiger partial charge < -0.3 is 10.2 Å². The Hall–Kier alpha value is -1.18. The minimum Gasteiger partial charge on any atom is -0.383 e. The first-order valence-corrected chi connectivity index (χ1v) is 6.77. The molecule has 0 aliphatic heterocycles. The molecule has 1 saturated carbocycles. The molecule has 2 heteroatoms. The number of rotatable bonds is 5. The van der Waals surface area contributed by atoms with Crippen molar-refractivity contribution in [1.82, 2.24) is 0 Å². The van der Waals surface area contributed by atoms with E-state index < -0.39 is 0 Å². The van der Waals surface area contributed by atoms with Gasteiger partial charge in [-0.05, 0) is 24.5 Å². The molecule has 0 aromatic heterocycles. The molecule has 1 aromatic rings. The van der Waals surface area contributed by atoms with Gasteiger partial charge in [-0.1, -0.05) is 37.8 Å². The van der Waals surface area contributed by atoms with E-state index in [0.717, 1.165) is 12.5 Å². The molecule has 0 unspecified atom stereocenters. The Morgan fingerprint density at radius 2 is 1.88 bits per heavy atom. The number of benzene rings is 1. The van der Waals surface area contributed by atoms with Gasteiger partial charge in [0.25, 0.3) is 0 Å². The van der Waals surface area contributed by atoms with Gasteiger partial charge in [0.05, 0.1) is 11.4 Å². The van der Waals surface area contributed by atoms with Crippen molar-refractivity contribution >= 4 is 11.4 Å². The summed E-state index contributed by atoms with van der Waals surface area (Å²) < 4.78 is 0. The lowest BCUT2D eigenvalue weighted by Crippen LogP contribution is -2.13. The fourth-order valence-electron chi connectivity index (χ4n) is 2.72. The normalized spacial score (nSPS) is 16.1. The summed E-state index contributed by atoms with van der Waals surface area (Å²) in [6.45, 7) is 1.11. The van der Waals surface area contributed by atoms with Crippen molar-refractivity contribution < 1.29 is 0 Å². The molecule has 0 amide bonds. The van der Waals surface area contributed by atoms with Crippen molar-refractivity contribution in [2.75, 3.05) is 30.9 Å². The molecule has 17 heavy (non-hydrogen) atoms. The lowest BCUT2D eigenvalue weighted by Gasteiger charge is -2.19. The van der Waals surface area contributed by atoms with Crippen molar-refractivity contribution in [1.29, 1.82) is 0 Å². The fraction of sp³-hybridized carbons (Fsp3) is 0.600. The second-order valence-corrected chi connectivity index (χ2v) is 5.28. The predicted octanol–water partition coefficient (Wildman–Crippen LogP) is 3.74. The van der Waals surface area contributed by atoms with Crippen LogP contribution < -0.4 is 10.2 Å². The van der Waals surface area contributed by atoms with Gasteiger partial charge in [-0.25, -0.2) is 0 Å². The van der Waals surface area contributed by atoms with Crippen LogP contribution in [-0.2, 0) is 0 Å². The molecule has 2 rings (SSSR count). The van der Waals surface area contributed by atoms with E-state index in [-0.39, 0.29) is 0 Å². The molecule has 2 nitrogen and oxygen atoms in total. The first-order valence-electron chi connectivity index (χ1n) is 6.77. The Bertz CT molecular complexity index is 341. The molecule has 1 fully saturated rings. The zero-order valence-corrected chi connectivity index (χ0v) is 11.1. The summed E-state index contributed by atoms with van der Waals surface area (Å²) in [5.74, 6) is 0.967. The predicted molar refractivity (Wildman–Crippen MR) is 75.8 cm³/mol. The highest BCUT2D eigenvalue weighted by molar-refractivity contribution is 5.69. The SMILES string of the molecule is CN(C)c1ccccc1NCCC1CCCC1. The van der Waals surface area contributed by atoms with E-state index in [1.807, 2.05) is 0 Å². The minimum atomic E-state index is 0.967. The summed E-state index contributed by atoms with van der Waals surface area (Å²) in [4.78, 5) is 2.16. The van der Waals surface area contributed by atoms with Crippen molar-refractivity contribution in [2.45, 2.75) is 32.1 Å². The minimum absolute atomic E-state index is 0.967.